The summed E-state index contributed by atoms with van der Waals surface area (Å²) in [5.41, 5.74) is 13.2. The minimum absolute atomic E-state index is 0.141. The van der Waals surface area contributed by atoms with Gasteiger partial charge < -0.3 is 15.9 Å². The summed E-state index contributed by atoms with van der Waals surface area (Å²) in [6, 6.07) is 5.27. The van der Waals surface area contributed by atoms with Gasteiger partial charge in [0.1, 0.15) is 0 Å². The SMILES string of the molecule is NC(=O)CCCCC(N)c1ccc2[nH]c(=O)oc2c1. The lowest BCUT2D eigenvalue weighted by Gasteiger charge is -2.11. The third kappa shape index (κ3) is 3.45. The van der Waals surface area contributed by atoms with Crippen molar-refractivity contribution in [1.29, 1.82) is 0 Å². The monoisotopic (exact) mass is 263 g/mol. The van der Waals surface area contributed by atoms with Crippen LogP contribution in [-0.4, -0.2) is 10.9 Å². The first-order valence-corrected chi connectivity index (χ1v) is 6.23. The van der Waals surface area contributed by atoms with Crippen LogP contribution in [0.4, 0.5) is 0 Å². The highest BCUT2D eigenvalue weighted by atomic mass is 16.4. The molecule has 1 unspecified atom stereocenters. The fraction of sp³-hybridized carbons (Fsp3) is 0.385. The summed E-state index contributed by atoms with van der Waals surface area (Å²) in [7, 11) is 0. The molecule has 1 heterocycles. The fourth-order valence-corrected chi connectivity index (χ4v) is 2.02. The lowest BCUT2D eigenvalue weighted by Crippen LogP contribution is -2.12. The van der Waals surface area contributed by atoms with Gasteiger partial charge in [-0.15, -0.1) is 0 Å². The highest BCUT2D eigenvalue weighted by Gasteiger charge is 2.09. The van der Waals surface area contributed by atoms with Crippen LogP contribution in [0.15, 0.2) is 27.4 Å². The van der Waals surface area contributed by atoms with E-state index in [9.17, 15) is 9.59 Å². The molecule has 5 N–H and O–H groups in total. The van der Waals surface area contributed by atoms with E-state index >= 15 is 0 Å². The van der Waals surface area contributed by atoms with Crippen molar-refractivity contribution in [1.82, 2.24) is 4.98 Å². The summed E-state index contributed by atoms with van der Waals surface area (Å²) in [6.07, 6.45) is 2.72. The first kappa shape index (κ1) is 13.4. The van der Waals surface area contributed by atoms with Crippen LogP contribution in [0.1, 0.15) is 37.3 Å². The summed E-state index contributed by atoms with van der Waals surface area (Å²) in [4.78, 5) is 24.2. The summed E-state index contributed by atoms with van der Waals surface area (Å²) >= 11 is 0. The van der Waals surface area contributed by atoms with Crippen LogP contribution >= 0.6 is 0 Å². The number of benzene rings is 1. The molecular weight excluding hydrogens is 246 g/mol. The number of H-pyrrole nitrogens is 1. The van der Waals surface area contributed by atoms with Gasteiger partial charge in [-0.3, -0.25) is 9.78 Å². The summed E-state index contributed by atoms with van der Waals surface area (Å²) in [5.74, 6) is -0.758. The first-order chi connectivity index (χ1) is 9.06. The van der Waals surface area contributed by atoms with Crippen molar-refractivity contribution < 1.29 is 9.21 Å². The van der Waals surface area contributed by atoms with Crippen molar-refractivity contribution in [3.63, 3.8) is 0 Å². The van der Waals surface area contributed by atoms with E-state index in [2.05, 4.69) is 4.98 Å². The molecule has 6 nitrogen and oxygen atoms in total. The molecule has 0 radical (unpaired) electrons. The second-order valence-electron chi connectivity index (χ2n) is 4.59. The van der Waals surface area contributed by atoms with Gasteiger partial charge in [0.05, 0.1) is 5.52 Å². The van der Waals surface area contributed by atoms with Gasteiger partial charge in [0.2, 0.25) is 5.91 Å². The average Bonchev–Trinajstić information content (AvgIpc) is 2.73. The molecule has 0 aliphatic carbocycles. The van der Waals surface area contributed by atoms with Crippen molar-refractivity contribution in [3.8, 4) is 0 Å². The van der Waals surface area contributed by atoms with Gasteiger partial charge in [0.15, 0.2) is 5.58 Å². The summed E-state index contributed by atoms with van der Waals surface area (Å²) in [5, 5.41) is 0. The minimum atomic E-state index is -0.470. The van der Waals surface area contributed by atoms with Crippen LogP contribution in [0, 0.1) is 0 Å². The number of unbranched alkanes of at least 4 members (excludes halogenated alkanes) is 1. The maximum Gasteiger partial charge on any atom is 0.417 e. The van der Waals surface area contributed by atoms with Gasteiger partial charge in [0.25, 0.3) is 0 Å². The molecule has 0 saturated carbocycles. The van der Waals surface area contributed by atoms with Crippen LogP contribution in [0.3, 0.4) is 0 Å². The number of carbonyl (C=O) groups excluding carboxylic acids is 1. The minimum Gasteiger partial charge on any atom is -0.408 e. The molecule has 2 rings (SSSR count). The number of amides is 1. The fourth-order valence-electron chi connectivity index (χ4n) is 2.02. The highest BCUT2D eigenvalue weighted by Crippen LogP contribution is 2.21. The maximum absolute atomic E-state index is 11.0. The van der Waals surface area contributed by atoms with Gasteiger partial charge in [-0.1, -0.05) is 12.5 Å². The van der Waals surface area contributed by atoms with E-state index in [1.54, 1.807) is 12.1 Å². The normalized spacial score (nSPS) is 12.7. The number of nitrogens with two attached hydrogens (primary N) is 2. The predicted octanol–water partition coefficient (Wildman–Crippen LogP) is 1.17. The average molecular weight is 263 g/mol. The summed E-state index contributed by atoms with van der Waals surface area (Å²) < 4.78 is 4.99. The molecule has 1 aromatic carbocycles. The zero-order chi connectivity index (χ0) is 13.8. The maximum atomic E-state index is 11.0. The molecule has 0 fully saturated rings. The van der Waals surface area contributed by atoms with Crippen molar-refractivity contribution in [2.75, 3.05) is 0 Å². The Morgan fingerprint density at radius 2 is 2.16 bits per heavy atom. The number of fused-ring (bicyclic) bond motifs is 1. The number of aromatic nitrogens is 1. The van der Waals surface area contributed by atoms with Gasteiger partial charge >= 0.3 is 5.76 Å². The number of nitrogens with one attached hydrogen (secondary N) is 1. The zero-order valence-electron chi connectivity index (χ0n) is 10.5. The Morgan fingerprint density at radius 1 is 1.37 bits per heavy atom. The molecule has 0 saturated heterocycles. The largest absolute Gasteiger partial charge is 0.417 e. The van der Waals surface area contributed by atoms with E-state index in [0.29, 0.717) is 17.5 Å². The standard InChI is InChI=1S/C13H17N3O3/c14-9(3-1-2-4-12(15)17)8-5-6-10-11(7-8)19-13(18)16-10/h5-7,9H,1-4,14H2,(H2,15,17)(H,16,18). The second kappa shape index (κ2) is 5.71. The van der Waals surface area contributed by atoms with E-state index in [0.717, 1.165) is 24.8 Å². The first-order valence-electron chi connectivity index (χ1n) is 6.23. The molecule has 0 bridgehead atoms. The Kier molecular flexibility index (Phi) is 4.01. The van der Waals surface area contributed by atoms with E-state index in [1.165, 1.54) is 0 Å². The molecule has 19 heavy (non-hydrogen) atoms. The third-order valence-corrected chi connectivity index (χ3v) is 3.06. The molecule has 0 aliphatic rings. The van der Waals surface area contributed by atoms with E-state index in [4.69, 9.17) is 15.9 Å². The molecule has 6 heteroatoms. The lowest BCUT2D eigenvalue weighted by atomic mass is 10.0. The third-order valence-electron chi connectivity index (χ3n) is 3.06. The Hall–Kier alpha value is -2.08. The predicted molar refractivity (Wildman–Crippen MR) is 71.4 cm³/mol. The second-order valence-corrected chi connectivity index (χ2v) is 4.59. The molecule has 0 aliphatic heterocycles. The molecule has 0 spiro atoms. The van der Waals surface area contributed by atoms with Crippen molar-refractivity contribution in [2.24, 2.45) is 11.5 Å². The van der Waals surface area contributed by atoms with Gasteiger partial charge in [-0.05, 0) is 30.5 Å². The van der Waals surface area contributed by atoms with Crippen molar-refractivity contribution in [2.45, 2.75) is 31.7 Å². The quantitative estimate of drug-likeness (QED) is 0.678. The Balaban J connectivity index is 1.98. The smallest absolute Gasteiger partial charge is 0.408 e. The van der Waals surface area contributed by atoms with E-state index in [1.807, 2.05) is 6.07 Å². The number of rotatable bonds is 6. The van der Waals surface area contributed by atoms with Crippen LogP contribution in [0.2, 0.25) is 0 Å². The number of hydrogen-bond donors (Lipinski definition) is 3. The Bertz CT molecular complexity index is 629. The molecular formula is C13H17N3O3. The van der Waals surface area contributed by atoms with Crippen molar-refractivity contribution >= 4 is 17.0 Å². The number of aromatic amines is 1. The highest BCUT2D eigenvalue weighted by molar-refractivity contribution is 5.73. The number of oxazole rings is 1. The molecule has 1 aromatic heterocycles. The molecule has 1 atom stereocenters. The van der Waals surface area contributed by atoms with Gasteiger partial charge in [-0.25, -0.2) is 4.79 Å². The number of hydrogen-bond acceptors (Lipinski definition) is 4. The molecule has 1 amide bonds. The Morgan fingerprint density at radius 3 is 2.89 bits per heavy atom. The Labute approximate surface area is 109 Å². The molecule has 102 valence electrons. The van der Waals surface area contributed by atoms with Gasteiger partial charge in [-0.2, -0.15) is 0 Å². The van der Waals surface area contributed by atoms with Crippen LogP contribution in [0.5, 0.6) is 0 Å². The summed E-state index contributed by atoms with van der Waals surface area (Å²) in [6.45, 7) is 0. The van der Waals surface area contributed by atoms with E-state index < -0.39 is 5.76 Å². The number of carbonyl (C=O) groups is 1. The van der Waals surface area contributed by atoms with Crippen LogP contribution < -0.4 is 17.2 Å². The van der Waals surface area contributed by atoms with Crippen LogP contribution in [-0.2, 0) is 4.79 Å². The number of primary amides is 1. The van der Waals surface area contributed by atoms with Gasteiger partial charge in [0, 0.05) is 12.5 Å². The van der Waals surface area contributed by atoms with E-state index in [-0.39, 0.29) is 11.9 Å². The topological polar surface area (TPSA) is 115 Å². The van der Waals surface area contributed by atoms with Crippen molar-refractivity contribution in [3.05, 3.63) is 34.3 Å². The van der Waals surface area contributed by atoms with Crippen LogP contribution in [0.25, 0.3) is 11.1 Å². The molecule has 2 aromatic rings. The lowest BCUT2D eigenvalue weighted by molar-refractivity contribution is -0.118. The zero-order valence-corrected chi connectivity index (χ0v) is 10.5.